The molecule has 90 valence electrons. The first-order valence-electron chi connectivity index (χ1n) is 5.91. The first-order valence-corrected chi connectivity index (χ1v) is 7.06. The van der Waals surface area contributed by atoms with Gasteiger partial charge in [0.1, 0.15) is 5.76 Å². The Morgan fingerprint density at radius 1 is 1.62 bits per heavy atom. The topological polar surface area (TPSA) is 28.4 Å². The molecule has 16 heavy (non-hydrogen) atoms. The summed E-state index contributed by atoms with van der Waals surface area (Å²) in [5.74, 6) is 3.57. The minimum absolute atomic E-state index is 0.726. The van der Waals surface area contributed by atoms with Crippen molar-refractivity contribution in [2.24, 2.45) is 0 Å². The fourth-order valence-electron chi connectivity index (χ4n) is 1.94. The van der Waals surface area contributed by atoms with Crippen molar-refractivity contribution in [3.05, 3.63) is 24.2 Å². The maximum atomic E-state index is 5.27. The molecule has 2 rings (SSSR count). The average molecular weight is 240 g/mol. The summed E-state index contributed by atoms with van der Waals surface area (Å²) in [5, 5.41) is 3.41. The minimum Gasteiger partial charge on any atom is -0.468 e. The summed E-state index contributed by atoms with van der Waals surface area (Å²) in [6, 6.07) is 4.66. The molecule has 0 spiro atoms. The Hall–Kier alpha value is -0.450. The lowest BCUT2D eigenvalue weighted by molar-refractivity contribution is 0.232. The van der Waals surface area contributed by atoms with Gasteiger partial charge in [-0.2, -0.15) is 11.8 Å². The van der Waals surface area contributed by atoms with Gasteiger partial charge in [0.05, 0.1) is 12.8 Å². The van der Waals surface area contributed by atoms with Crippen molar-refractivity contribution in [1.29, 1.82) is 0 Å². The SMILES string of the molecule is CC1CSCCN1CCNCc1ccco1. The van der Waals surface area contributed by atoms with Gasteiger partial charge in [0.15, 0.2) is 0 Å². The van der Waals surface area contributed by atoms with Crippen molar-refractivity contribution < 1.29 is 4.42 Å². The molecular formula is C12H20N2OS. The Morgan fingerprint density at radius 2 is 2.56 bits per heavy atom. The van der Waals surface area contributed by atoms with E-state index < -0.39 is 0 Å². The lowest BCUT2D eigenvalue weighted by Gasteiger charge is -2.32. The highest BCUT2D eigenvalue weighted by Gasteiger charge is 2.17. The lowest BCUT2D eigenvalue weighted by atomic mass is 10.3. The smallest absolute Gasteiger partial charge is 0.117 e. The van der Waals surface area contributed by atoms with Crippen LogP contribution in [0.15, 0.2) is 22.8 Å². The number of hydrogen-bond donors (Lipinski definition) is 1. The van der Waals surface area contributed by atoms with Crippen LogP contribution < -0.4 is 5.32 Å². The second-order valence-electron chi connectivity index (χ2n) is 4.22. The molecule has 1 aliphatic heterocycles. The van der Waals surface area contributed by atoms with E-state index in [4.69, 9.17) is 4.42 Å². The number of nitrogens with one attached hydrogen (secondary N) is 1. The van der Waals surface area contributed by atoms with Crippen molar-refractivity contribution in [2.75, 3.05) is 31.1 Å². The predicted molar refractivity (Wildman–Crippen MR) is 68.8 cm³/mol. The summed E-state index contributed by atoms with van der Waals surface area (Å²) in [5.41, 5.74) is 0. The average Bonchev–Trinajstić information content (AvgIpc) is 2.79. The molecule has 0 aliphatic carbocycles. The zero-order valence-corrected chi connectivity index (χ0v) is 10.6. The molecule has 1 unspecified atom stereocenters. The zero-order chi connectivity index (χ0) is 11.2. The summed E-state index contributed by atoms with van der Waals surface area (Å²) in [4.78, 5) is 2.56. The first kappa shape index (κ1) is 12.0. The van der Waals surface area contributed by atoms with Crippen molar-refractivity contribution in [2.45, 2.75) is 19.5 Å². The third kappa shape index (κ3) is 3.54. The number of nitrogens with zero attached hydrogens (tertiary/aromatic N) is 1. The Balaban J connectivity index is 1.60. The van der Waals surface area contributed by atoms with E-state index in [0.717, 1.165) is 31.4 Å². The first-order chi connectivity index (χ1) is 7.86. The fourth-order valence-corrected chi connectivity index (χ4v) is 3.02. The maximum Gasteiger partial charge on any atom is 0.117 e. The van der Waals surface area contributed by atoms with Crippen molar-refractivity contribution in [1.82, 2.24) is 10.2 Å². The molecule has 0 bridgehead atoms. The zero-order valence-electron chi connectivity index (χ0n) is 9.82. The molecule has 1 N–H and O–H groups in total. The van der Waals surface area contributed by atoms with Crippen LogP contribution in [0.2, 0.25) is 0 Å². The van der Waals surface area contributed by atoms with Crippen LogP contribution in [0, 0.1) is 0 Å². The van der Waals surface area contributed by atoms with Gasteiger partial charge >= 0.3 is 0 Å². The van der Waals surface area contributed by atoms with Crippen LogP contribution in [0.3, 0.4) is 0 Å². The van der Waals surface area contributed by atoms with Crippen LogP contribution in [-0.4, -0.2) is 42.1 Å². The Morgan fingerprint density at radius 3 is 3.31 bits per heavy atom. The largest absolute Gasteiger partial charge is 0.468 e. The van der Waals surface area contributed by atoms with Crippen LogP contribution in [-0.2, 0) is 6.54 Å². The van der Waals surface area contributed by atoms with Gasteiger partial charge in [-0.15, -0.1) is 0 Å². The molecule has 0 aromatic carbocycles. The number of rotatable bonds is 5. The molecule has 1 aliphatic rings. The van der Waals surface area contributed by atoms with Gasteiger partial charge in [0.25, 0.3) is 0 Å². The van der Waals surface area contributed by atoms with E-state index in [1.165, 1.54) is 18.1 Å². The van der Waals surface area contributed by atoms with E-state index in [-0.39, 0.29) is 0 Å². The van der Waals surface area contributed by atoms with Gasteiger partial charge in [-0.3, -0.25) is 4.90 Å². The molecule has 1 fully saturated rings. The second-order valence-corrected chi connectivity index (χ2v) is 5.37. The minimum atomic E-state index is 0.726. The van der Waals surface area contributed by atoms with E-state index >= 15 is 0 Å². The highest BCUT2D eigenvalue weighted by molar-refractivity contribution is 7.99. The molecule has 2 heterocycles. The Labute approximate surface area is 102 Å². The summed E-state index contributed by atoms with van der Waals surface area (Å²) < 4.78 is 5.27. The van der Waals surface area contributed by atoms with Crippen molar-refractivity contribution in [3.63, 3.8) is 0 Å². The highest BCUT2D eigenvalue weighted by atomic mass is 32.2. The fraction of sp³-hybridized carbons (Fsp3) is 0.667. The molecule has 1 aromatic rings. The maximum absolute atomic E-state index is 5.27. The molecule has 1 atom stereocenters. The van der Waals surface area contributed by atoms with Crippen molar-refractivity contribution >= 4 is 11.8 Å². The van der Waals surface area contributed by atoms with Gasteiger partial charge < -0.3 is 9.73 Å². The Kier molecular flexibility index (Phi) is 4.75. The molecule has 4 heteroatoms. The third-order valence-corrected chi connectivity index (χ3v) is 4.15. The van der Waals surface area contributed by atoms with Gasteiger partial charge in [0, 0.05) is 37.2 Å². The Bertz CT molecular complexity index is 289. The third-order valence-electron chi connectivity index (χ3n) is 2.96. The number of furan rings is 1. The highest BCUT2D eigenvalue weighted by Crippen LogP contribution is 2.14. The molecular weight excluding hydrogens is 220 g/mol. The molecule has 1 saturated heterocycles. The lowest BCUT2D eigenvalue weighted by Crippen LogP contribution is -2.43. The summed E-state index contributed by atoms with van der Waals surface area (Å²) in [7, 11) is 0. The quantitative estimate of drug-likeness (QED) is 0.795. The van der Waals surface area contributed by atoms with Gasteiger partial charge in [0.2, 0.25) is 0 Å². The van der Waals surface area contributed by atoms with Crippen LogP contribution in [0.5, 0.6) is 0 Å². The van der Waals surface area contributed by atoms with E-state index in [0.29, 0.717) is 0 Å². The van der Waals surface area contributed by atoms with Gasteiger partial charge in [-0.25, -0.2) is 0 Å². The van der Waals surface area contributed by atoms with Crippen LogP contribution in [0.1, 0.15) is 12.7 Å². The van der Waals surface area contributed by atoms with Crippen LogP contribution >= 0.6 is 11.8 Å². The normalized spacial score (nSPS) is 22.4. The molecule has 0 radical (unpaired) electrons. The van der Waals surface area contributed by atoms with Crippen LogP contribution in [0.25, 0.3) is 0 Å². The van der Waals surface area contributed by atoms with E-state index in [1.54, 1.807) is 6.26 Å². The van der Waals surface area contributed by atoms with E-state index in [1.807, 2.05) is 12.1 Å². The number of thioether (sulfide) groups is 1. The molecule has 3 nitrogen and oxygen atoms in total. The standard InChI is InChI=1S/C12H20N2OS/c1-11-10-16-8-6-14(11)5-4-13-9-12-3-2-7-15-12/h2-3,7,11,13H,4-6,8-10H2,1H3. The molecule has 1 aromatic heterocycles. The number of hydrogen-bond acceptors (Lipinski definition) is 4. The van der Waals surface area contributed by atoms with Gasteiger partial charge in [-0.05, 0) is 19.1 Å². The monoisotopic (exact) mass is 240 g/mol. The summed E-state index contributed by atoms with van der Waals surface area (Å²) in [6.45, 7) is 6.56. The summed E-state index contributed by atoms with van der Waals surface area (Å²) >= 11 is 2.07. The predicted octanol–water partition coefficient (Wildman–Crippen LogP) is 1.81. The van der Waals surface area contributed by atoms with E-state index in [2.05, 4.69) is 28.9 Å². The second kappa shape index (κ2) is 6.33. The molecule has 0 amide bonds. The van der Waals surface area contributed by atoms with Crippen molar-refractivity contribution in [3.8, 4) is 0 Å². The molecule has 0 saturated carbocycles. The van der Waals surface area contributed by atoms with E-state index in [9.17, 15) is 0 Å². The van der Waals surface area contributed by atoms with Gasteiger partial charge in [-0.1, -0.05) is 0 Å². The summed E-state index contributed by atoms with van der Waals surface area (Å²) in [6.07, 6.45) is 1.72. The van der Waals surface area contributed by atoms with Crippen LogP contribution in [0.4, 0.5) is 0 Å².